The number of urea groups is 1. The van der Waals surface area contributed by atoms with Crippen LogP contribution in [0.1, 0.15) is 11.1 Å². The minimum Gasteiger partial charge on any atom is -0.380 e. The number of rotatable bonds is 5. The van der Waals surface area contributed by atoms with Crippen molar-refractivity contribution in [2.75, 3.05) is 38.2 Å². The Labute approximate surface area is 147 Å². The maximum absolute atomic E-state index is 12.4. The van der Waals surface area contributed by atoms with E-state index in [9.17, 15) is 4.79 Å². The Bertz CT molecular complexity index is 687. The zero-order valence-corrected chi connectivity index (χ0v) is 14.4. The van der Waals surface area contributed by atoms with Crippen LogP contribution >= 0.6 is 0 Å². The van der Waals surface area contributed by atoms with Crippen molar-refractivity contribution in [2.45, 2.75) is 13.2 Å². The Morgan fingerprint density at radius 1 is 1.12 bits per heavy atom. The normalized spacial score (nSPS) is 14.4. The van der Waals surface area contributed by atoms with Gasteiger partial charge in [-0.05, 0) is 17.2 Å². The smallest absolute Gasteiger partial charge is 0.317 e. The van der Waals surface area contributed by atoms with E-state index in [1.165, 1.54) is 0 Å². The summed E-state index contributed by atoms with van der Waals surface area (Å²) in [5.74, 6) is 0.720. The van der Waals surface area contributed by atoms with Crippen molar-refractivity contribution in [3.8, 4) is 0 Å². The summed E-state index contributed by atoms with van der Waals surface area (Å²) in [6.45, 7) is 3.88. The first-order valence-corrected chi connectivity index (χ1v) is 8.38. The largest absolute Gasteiger partial charge is 0.380 e. The van der Waals surface area contributed by atoms with Crippen LogP contribution in [0.5, 0.6) is 0 Å². The van der Waals surface area contributed by atoms with Gasteiger partial charge in [-0.15, -0.1) is 0 Å². The molecule has 1 aromatic heterocycles. The molecule has 1 N–H and O–H groups in total. The summed E-state index contributed by atoms with van der Waals surface area (Å²) in [6, 6.07) is 9.81. The number of hydrogen-bond acceptors (Lipinski definition) is 5. The van der Waals surface area contributed by atoms with Gasteiger partial charge in [-0.1, -0.05) is 24.3 Å². The number of carbonyl (C=O) groups is 1. The summed E-state index contributed by atoms with van der Waals surface area (Å²) in [6.07, 6.45) is 3.47. The molecule has 0 aliphatic carbocycles. The molecule has 2 aromatic rings. The van der Waals surface area contributed by atoms with Crippen LogP contribution in [0.2, 0.25) is 0 Å². The third-order valence-corrected chi connectivity index (χ3v) is 4.15. The number of benzene rings is 1. The second-order valence-electron chi connectivity index (χ2n) is 5.93. The van der Waals surface area contributed by atoms with Crippen molar-refractivity contribution in [3.05, 3.63) is 53.9 Å². The van der Waals surface area contributed by atoms with E-state index in [1.54, 1.807) is 25.6 Å². The lowest BCUT2D eigenvalue weighted by Crippen LogP contribution is -2.52. The number of ether oxygens (including phenoxy) is 1. The number of nitrogens with one attached hydrogen (secondary N) is 1. The topological polar surface area (TPSA) is 70.6 Å². The fraction of sp³-hybridized carbons (Fsp3) is 0.389. The van der Waals surface area contributed by atoms with Gasteiger partial charge < -0.3 is 19.9 Å². The SMILES string of the molecule is COCc1cccc(CNC(=O)N2CCN(c3ncccn3)CC2)c1. The van der Waals surface area contributed by atoms with Crippen LogP contribution in [-0.2, 0) is 17.9 Å². The van der Waals surface area contributed by atoms with Gasteiger partial charge in [-0.25, -0.2) is 14.8 Å². The number of aromatic nitrogens is 2. The van der Waals surface area contributed by atoms with Crippen LogP contribution in [0.15, 0.2) is 42.7 Å². The van der Waals surface area contributed by atoms with Gasteiger partial charge in [0.25, 0.3) is 0 Å². The molecule has 2 amide bonds. The molecule has 1 aliphatic rings. The van der Waals surface area contributed by atoms with E-state index in [-0.39, 0.29) is 6.03 Å². The predicted octanol–water partition coefficient (Wildman–Crippen LogP) is 1.65. The third kappa shape index (κ3) is 4.67. The molecule has 1 saturated heterocycles. The highest BCUT2D eigenvalue weighted by Gasteiger charge is 2.22. The third-order valence-electron chi connectivity index (χ3n) is 4.15. The minimum atomic E-state index is -0.0363. The Morgan fingerprint density at radius 2 is 1.84 bits per heavy atom. The lowest BCUT2D eigenvalue weighted by Gasteiger charge is -2.34. The number of nitrogens with zero attached hydrogens (tertiary/aromatic N) is 4. The molecule has 0 unspecified atom stereocenters. The molecule has 0 saturated carbocycles. The zero-order chi connectivity index (χ0) is 17.5. The van der Waals surface area contributed by atoms with E-state index in [2.05, 4.69) is 26.3 Å². The Balaban J connectivity index is 1.47. The van der Waals surface area contributed by atoms with Gasteiger partial charge in [0.05, 0.1) is 6.61 Å². The molecule has 1 fully saturated rings. The van der Waals surface area contributed by atoms with Gasteiger partial charge in [0.15, 0.2) is 0 Å². The molecular formula is C18H23N5O2. The number of hydrogen-bond donors (Lipinski definition) is 1. The number of anilines is 1. The average Bonchev–Trinajstić information content (AvgIpc) is 2.67. The molecule has 0 bridgehead atoms. The van der Waals surface area contributed by atoms with E-state index in [0.717, 1.165) is 30.2 Å². The molecule has 7 heteroatoms. The summed E-state index contributed by atoms with van der Waals surface area (Å²) in [5.41, 5.74) is 2.17. The highest BCUT2D eigenvalue weighted by molar-refractivity contribution is 5.74. The van der Waals surface area contributed by atoms with Gasteiger partial charge in [0.1, 0.15) is 0 Å². The first kappa shape index (κ1) is 17.2. The maximum atomic E-state index is 12.4. The number of amides is 2. The van der Waals surface area contributed by atoms with Crippen molar-refractivity contribution in [3.63, 3.8) is 0 Å². The zero-order valence-electron chi connectivity index (χ0n) is 14.4. The fourth-order valence-corrected chi connectivity index (χ4v) is 2.85. The summed E-state index contributed by atoms with van der Waals surface area (Å²) in [5, 5.41) is 2.99. The van der Waals surface area contributed by atoms with Gasteiger partial charge >= 0.3 is 6.03 Å². The Kier molecular flexibility index (Phi) is 5.79. The molecule has 7 nitrogen and oxygen atoms in total. The molecule has 3 rings (SSSR count). The summed E-state index contributed by atoms with van der Waals surface area (Å²) in [4.78, 5) is 24.8. The fourth-order valence-electron chi connectivity index (χ4n) is 2.85. The second-order valence-corrected chi connectivity index (χ2v) is 5.93. The first-order chi connectivity index (χ1) is 12.3. The summed E-state index contributed by atoms with van der Waals surface area (Å²) < 4.78 is 5.14. The van der Waals surface area contributed by atoms with Crippen LogP contribution < -0.4 is 10.2 Å². The number of methoxy groups -OCH3 is 1. The van der Waals surface area contributed by atoms with Gasteiger partial charge in [0.2, 0.25) is 5.95 Å². The molecular weight excluding hydrogens is 318 g/mol. The molecule has 132 valence electrons. The van der Waals surface area contributed by atoms with Crippen molar-refractivity contribution in [2.24, 2.45) is 0 Å². The predicted molar refractivity (Wildman–Crippen MR) is 95.2 cm³/mol. The van der Waals surface area contributed by atoms with Crippen LogP contribution in [0.25, 0.3) is 0 Å². The monoisotopic (exact) mass is 341 g/mol. The van der Waals surface area contributed by atoms with Crippen LogP contribution in [0, 0.1) is 0 Å². The molecule has 2 heterocycles. The van der Waals surface area contributed by atoms with Gasteiger partial charge in [-0.3, -0.25) is 0 Å². The summed E-state index contributed by atoms with van der Waals surface area (Å²) in [7, 11) is 1.68. The van der Waals surface area contributed by atoms with Gasteiger partial charge in [0, 0.05) is 52.2 Å². The summed E-state index contributed by atoms with van der Waals surface area (Å²) >= 11 is 0. The molecule has 1 aliphatic heterocycles. The lowest BCUT2D eigenvalue weighted by molar-refractivity contribution is 0.185. The molecule has 0 spiro atoms. The van der Waals surface area contributed by atoms with Crippen molar-refractivity contribution < 1.29 is 9.53 Å². The average molecular weight is 341 g/mol. The van der Waals surface area contributed by atoms with Crippen LogP contribution in [-0.4, -0.2) is 54.2 Å². The highest BCUT2D eigenvalue weighted by Crippen LogP contribution is 2.10. The molecule has 0 atom stereocenters. The quantitative estimate of drug-likeness (QED) is 0.895. The van der Waals surface area contributed by atoms with Crippen molar-refractivity contribution in [1.82, 2.24) is 20.2 Å². The lowest BCUT2D eigenvalue weighted by atomic mass is 10.1. The van der Waals surface area contributed by atoms with E-state index in [0.29, 0.717) is 26.2 Å². The van der Waals surface area contributed by atoms with Crippen molar-refractivity contribution in [1.29, 1.82) is 0 Å². The van der Waals surface area contributed by atoms with E-state index < -0.39 is 0 Å². The van der Waals surface area contributed by atoms with E-state index in [4.69, 9.17) is 4.74 Å². The second kappa shape index (κ2) is 8.43. The number of carbonyl (C=O) groups excluding carboxylic acids is 1. The Morgan fingerprint density at radius 3 is 2.56 bits per heavy atom. The molecule has 1 aromatic carbocycles. The highest BCUT2D eigenvalue weighted by atomic mass is 16.5. The van der Waals surface area contributed by atoms with E-state index >= 15 is 0 Å². The van der Waals surface area contributed by atoms with Crippen LogP contribution in [0.3, 0.4) is 0 Å². The maximum Gasteiger partial charge on any atom is 0.317 e. The van der Waals surface area contributed by atoms with E-state index in [1.807, 2.05) is 23.1 Å². The standard InChI is InChI=1S/C18H23N5O2/c1-25-14-16-5-2-4-15(12-16)13-21-18(24)23-10-8-22(9-11-23)17-19-6-3-7-20-17/h2-7,12H,8-11,13-14H2,1H3,(H,21,24). The molecule has 0 radical (unpaired) electrons. The number of piperazine rings is 1. The molecule has 25 heavy (non-hydrogen) atoms. The Hall–Kier alpha value is -2.67. The van der Waals surface area contributed by atoms with Crippen LogP contribution in [0.4, 0.5) is 10.7 Å². The first-order valence-electron chi connectivity index (χ1n) is 8.38. The minimum absolute atomic E-state index is 0.0363. The van der Waals surface area contributed by atoms with Crippen molar-refractivity contribution >= 4 is 12.0 Å². The van der Waals surface area contributed by atoms with Gasteiger partial charge in [-0.2, -0.15) is 0 Å².